The van der Waals surface area contributed by atoms with Crippen molar-refractivity contribution in [2.24, 2.45) is 5.41 Å². The van der Waals surface area contributed by atoms with Crippen molar-refractivity contribution in [3.05, 3.63) is 20.7 Å². The third-order valence-electron chi connectivity index (χ3n) is 3.85. The van der Waals surface area contributed by atoms with Gasteiger partial charge in [0, 0.05) is 0 Å². The fraction of sp³-hybridized carbons (Fsp3) is 0.688. The molecule has 0 aliphatic heterocycles. The minimum atomic E-state index is -2.00. The van der Waals surface area contributed by atoms with Crippen molar-refractivity contribution < 1.29 is 27.4 Å². The maximum absolute atomic E-state index is 12.0. The Morgan fingerprint density at radius 1 is 1.38 bits per heavy atom. The fourth-order valence-corrected chi connectivity index (χ4v) is 10.2. The van der Waals surface area contributed by atoms with E-state index in [9.17, 15) is 4.79 Å². The topological polar surface area (TPSA) is 38.3 Å². The Kier molecular flexibility index (Phi) is 6.25. The van der Waals surface area contributed by atoms with Gasteiger partial charge in [0.15, 0.2) is 0 Å². The average molecular weight is 344 g/mol. The number of carbonyl (C=O) groups is 1. The predicted molar refractivity (Wildman–Crippen MR) is 88.4 cm³/mol. The standard InChI is InChI=1S/C14H24NO2Si.2CH3.Ti/c1-14(2,3)11-8-7-9-12(11)18(5,6)15-13(16)10-17-4;;;/h8H,7,10H2,1-6H3,(H,15,16);2*1H3;. The van der Waals surface area contributed by atoms with E-state index in [2.05, 4.69) is 55.4 Å². The van der Waals surface area contributed by atoms with Crippen LogP contribution in [0.3, 0.4) is 0 Å². The Balaban J connectivity index is 3.21. The van der Waals surface area contributed by atoms with Gasteiger partial charge in [-0.2, -0.15) is 0 Å². The van der Waals surface area contributed by atoms with Crippen LogP contribution >= 0.6 is 0 Å². The Labute approximate surface area is 137 Å². The van der Waals surface area contributed by atoms with Crippen LogP contribution < -0.4 is 4.98 Å². The molecule has 119 valence electrons. The summed E-state index contributed by atoms with van der Waals surface area (Å²) in [5.41, 5.74) is 1.60. The molecule has 1 N–H and O–H groups in total. The predicted octanol–water partition coefficient (Wildman–Crippen LogP) is 3.84. The molecule has 3 nitrogen and oxygen atoms in total. The number of allylic oxidation sites excluding steroid dienone is 4. The molecule has 0 saturated carbocycles. The number of hydrogen-bond donors (Lipinski definition) is 1. The van der Waals surface area contributed by atoms with Crippen molar-refractivity contribution in [2.45, 2.75) is 50.7 Å². The Morgan fingerprint density at radius 3 is 2.38 bits per heavy atom. The van der Waals surface area contributed by atoms with Gasteiger partial charge in [-0.05, 0) is 0 Å². The third-order valence-corrected chi connectivity index (χ3v) is 9.55. The molecule has 0 saturated heterocycles. The summed E-state index contributed by atoms with van der Waals surface area (Å²) in [6.07, 6.45) is 3.50. The van der Waals surface area contributed by atoms with Crippen LogP contribution in [0.15, 0.2) is 20.7 Å². The van der Waals surface area contributed by atoms with Crippen LogP contribution in [0.5, 0.6) is 0 Å². The Morgan fingerprint density at radius 2 is 1.95 bits per heavy atom. The molecular formula is C16H30NO2SiTi. The molecule has 0 aromatic carbocycles. The second-order valence-corrected chi connectivity index (χ2v) is 15.6. The molecule has 0 radical (unpaired) electrons. The second kappa shape index (κ2) is 6.95. The summed E-state index contributed by atoms with van der Waals surface area (Å²) in [5, 5.41) is 6.34. The minimum absolute atomic E-state index is 0.00920. The van der Waals surface area contributed by atoms with Gasteiger partial charge in [0.05, 0.1) is 0 Å². The number of hydrogen-bond acceptors (Lipinski definition) is 2. The van der Waals surface area contributed by atoms with Crippen LogP contribution in [0.4, 0.5) is 0 Å². The van der Waals surface area contributed by atoms with E-state index in [1.807, 2.05) is 0 Å². The number of rotatable bonds is 5. The molecule has 0 unspecified atom stereocenters. The Bertz CT molecular complexity index is 473. The molecule has 21 heavy (non-hydrogen) atoms. The van der Waals surface area contributed by atoms with E-state index in [4.69, 9.17) is 4.74 Å². The van der Waals surface area contributed by atoms with E-state index in [0.717, 1.165) is 6.42 Å². The van der Waals surface area contributed by atoms with E-state index in [1.54, 1.807) is 11.0 Å². The van der Waals surface area contributed by atoms with Crippen molar-refractivity contribution in [1.29, 1.82) is 0 Å². The van der Waals surface area contributed by atoms with Crippen LogP contribution in [-0.4, -0.2) is 27.9 Å². The first kappa shape index (κ1) is 18.9. The van der Waals surface area contributed by atoms with Crippen LogP contribution in [0.1, 0.15) is 27.2 Å². The SMILES string of the molecule is COCC(=O)N[Si](C)(C)C1=[C]([Ti]([CH3])[CH3])CC=C1C(C)(C)C. The van der Waals surface area contributed by atoms with Crippen molar-refractivity contribution >= 4 is 14.1 Å². The quantitative estimate of drug-likeness (QED) is 0.770. The maximum atomic E-state index is 12.0. The second-order valence-electron chi connectivity index (χ2n) is 7.53. The summed E-state index contributed by atoms with van der Waals surface area (Å²) in [6.45, 7) is 11.5. The van der Waals surface area contributed by atoms with Crippen LogP contribution in [-0.2, 0) is 27.4 Å². The molecule has 0 aromatic rings. The number of ether oxygens (including phenoxy) is 1. The van der Waals surface area contributed by atoms with Crippen LogP contribution in [0.2, 0.25) is 23.6 Å². The van der Waals surface area contributed by atoms with Gasteiger partial charge in [-0.15, -0.1) is 0 Å². The normalized spacial score (nSPS) is 16.1. The summed E-state index contributed by atoms with van der Waals surface area (Å²) in [7, 11) is -0.429. The molecule has 1 aliphatic rings. The van der Waals surface area contributed by atoms with E-state index in [1.165, 1.54) is 10.8 Å². The van der Waals surface area contributed by atoms with Gasteiger partial charge in [-0.1, -0.05) is 0 Å². The van der Waals surface area contributed by atoms with E-state index in [0.29, 0.717) is 0 Å². The first-order valence-corrected chi connectivity index (χ1v) is 14.5. The molecule has 1 amide bonds. The molecule has 0 atom stereocenters. The van der Waals surface area contributed by atoms with E-state index < -0.39 is 26.1 Å². The molecule has 0 spiro atoms. The molecule has 0 fully saturated rings. The molecule has 1 rings (SSSR count). The molecule has 5 heteroatoms. The zero-order chi connectivity index (χ0) is 16.4. The average Bonchev–Trinajstić information content (AvgIpc) is 2.72. The molecule has 0 heterocycles. The van der Waals surface area contributed by atoms with Gasteiger partial charge < -0.3 is 0 Å². The number of amides is 1. The monoisotopic (exact) mass is 344 g/mol. The van der Waals surface area contributed by atoms with Gasteiger partial charge in [-0.3, -0.25) is 0 Å². The molecule has 1 aliphatic carbocycles. The van der Waals surface area contributed by atoms with Crippen molar-refractivity contribution in [1.82, 2.24) is 4.98 Å². The van der Waals surface area contributed by atoms with Crippen molar-refractivity contribution in [2.75, 3.05) is 13.7 Å². The zero-order valence-electron chi connectivity index (χ0n) is 14.8. The van der Waals surface area contributed by atoms with Gasteiger partial charge in [-0.25, -0.2) is 0 Å². The van der Waals surface area contributed by atoms with Gasteiger partial charge in [0.2, 0.25) is 0 Å². The summed E-state index contributed by atoms with van der Waals surface area (Å²) < 4.78 is 6.63. The van der Waals surface area contributed by atoms with E-state index in [-0.39, 0.29) is 17.9 Å². The van der Waals surface area contributed by atoms with Gasteiger partial charge in [0.25, 0.3) is 0 Å². The first-order valence-electron chi connectivity index (χ1n) is 7.56. The first-order chi connectivity index (χ1) is 9.50. The number of carbonyl (C=O) groups excluding carboxylic acids is 1. The number of methoxy groups -OCH3 is 1. The van der Waals surface area contributed by atoms with Gasteiger partial charge >= 0.3 is 137 Å². The molecule has 0 aromatic heterocycles. The molecule has 0 bridgehead atoms. The summed E-state index contributed by atoms with van der Waals surface area (Å²) in [4.78, 5) is 15.3. The van der Waals surface area contributed by atoms with Gasteiger partial charge in [0.1, 0.15) is 0 Å². The zero-order valence-corrected chi connectivity index (χ0v) is 17.4. The summed E-state index contributed by atoms with van der Waals surface area (Å²) >= 11 is -1.15. The van der Waals surface area contributed by atoms with Crippen molar-refractivity contribution in [3.8, 4) is 0 Å². The fourth-order valence-electron chi connectivity index (χ4n) is 3.00. The van der Waals surface area contributed by atoms with E-state index >= 15 is 0 Å². The van der Waals surface area contributed by atoms with Crippen LogP contribution in [0.25, 0.3) is 0 Å². The van der Waals surface area contributed by atoms with Crippen LogP contribution in [0, 0.1) is 5.41 Å². The molecular weight excluding hydrogens is 314 g/mol. The third kappa shape index (κ3) is 4.65. The summed E-state index contributed by atoms with van der Waals surface area (Å²) in [5.74, 6) is 0.00920. The Hall–Kier alpha value is -0.159. The van der Waals surface area contributed by atoms with Crippen molar-refractivity contribution in [3.63, 3.8) is 0 Å². The summed E-state index contributed by atoms with van der Waals surface area (Å²) in [6, 6.07) is 0. The number of nitrogens with one attached hydrogen (secondary N) is 1.